The maximum absolute atomic E-state index is 12.7. The molecule has 1 atom stereocenters. The summed E-state index contributed by atoms with van der Waals surface area (Å²) in [5.74, 6) is -0.948. The average molecular weight is 385 g/mol. The van der Waals surface area contributed by atoms with Crippen molar-refractivity contribution in [2.75, 3.05) is 13.2 Å². The van der Waals surface area contributed by atoms with Gasteiger partial charge in [-0.25, -0.2) is 4.79 Å². The van der Waals surface area contributed by atoms with Gasteiger partial charge < -0.3 is 14.2 Å². The van der Waals surface area contributed by atoms with Crippen LogP contribution in [0.4, 0.5) is 5.69 Å². The number of ketones is 1. The fourth-order valence-corrected chi connectivity index (χ4v) is 2.89. The lowest BCUT2D eigenvalue weighted by atomic mass is 9.99. The molecule has 1 heterocycles. The zero-order valence-corrected chi connectivity index (χ0v) is 15.7. The first kappa shape index (κ1) is 19.3. The number of nitrogens with zero attached hydrogens (tertiary/aromatic N) is 1. The number of hydrogen-bond donors (Lipinski definition) is 0. The van der Waals surface area contributed by atoms with Crippen LogP contribution >= 0.6 is 0 Å². The van der Waals surface area contributed by atoms with E-state index in [2.05, 4.69) is 0 Å². The second-order valence-corrected chi connectivity index (χ2v) is 6.50. The Morgan fingerprint density at radius 3 is 2.36 bits per heavy atom. The fraction of sp³-hybridized carbons (Fsp3) is 0.300. The molecule has 2 aromatic rings. The highest BCUT2D eigenvalue weighted by Crippen LogP contribution is 2.37. The van der Waals surface area contributed by atoms with Gasteiger partial charge in [0.25, 0.3) is 5.69 Å². The molecular weight excluding hydrogens is 366 g/mol. The lowest BCUT2D eigenvalue weighted by molar-refractivity contribution is -0.385. The highest BCUT2D eigenvalue weighted by molar-refractivity contribution is 6.03. The van der Waals surface area contributed by atoms with Gasteiger partial charge in [-0.1, -0.05) is 17.7 Å². The molecular formula is C20H19NO7. The summed E-state index contributed by atoms with van der Waals surface area (Å²) in [5.41, 5.74) is 1.33. The Hall–Kier alpha value is -3.42. The topological polar surface area (TPSA) is 105 Å². The first-order valence-electron chi connectivity index (χ1n) is 8.68. The molecule has 0 saturated carbocycles. The summed E-state index contributed by atoms with van der Waals surface area (Å²) < 4.78 is 15.9. The van der Waals surface area contributed by atoms with Crippen LogP contribution in [0, 0.1) is 24.0 Å². The van der Waals surface area contributed by atoms with Gasteiger partial charge in [0.1, 0.15) is 18.8 Å². The Kier molecular flexibility index (Phi) is 5.30. The zero-order chi connectivity index (χ0) is 20.4. The summed E-state index contributed by atoms with van der Waals surface area (Å²) in [4.78, 5) is 35.9. The summed E-state index contributed by atoms with van der Waals surface area (Å²) in [5, 5.41) is 11.4. The summed E-state index contributed by atoms with van der Waals surface area (Å²) >= 11 is 0. The Bertz CT molecular complexity index is 967. The van der Waals surface area contributed by atoms with E-state index in [-0.39, 0.29) is 36.1 Å². The molecule has 0 saturated heterocycles. The lowest BCUT2D eigenvalue weighted by Crippen LogP contribution is -2.26. The van der Waals surface area contributed by atoms with Crippen LogP contribution in [0.3, 0.4) is 0 Å². The molecule has 0 unspecified atom stereocenters. The van der Waals surface area contributed by atoms with Crippen LogP contribution in [0.2, 0.25) is 0 Å². The van der Waals surface area contributed by atoms with Crippen molar-refractivity contribution in [1.29, 1.82) is 0 Å². The Morgan fingerprint density at radius 1 is 1.07 bits per heavy atom. The number of hydrogen-bond acceptors (Lipinski definition) is 7. The van der Waals surface area contributed by atoms with Crippen LogP contribution < -0.4 is 9.47 Å². The fourth-order valence-electron chi connectivity index (χ4n) is 2.89. The van der Waals surface area contributed by atoms with Gasteiger partial charge in [-0.05, 0) is 32.4 Å². The largest absolute Gasteiger partial charge is 0.486 e. The van der Waals surface area contributed by atoms with Gasteiger partial charge in [0, 0.05) is 11.6 Å². The highest BCUT2D eigenvalue weighted by atomic mass is 16.6. The van der Waals surface area contributed by atoms with Gasteiger partial charge in [-0.3, -0.25) is 14.9 Å². The molecule has 0 bridgehead atoms. The minimum absolute atomic E-state index is 0.189. The number of rotatable bonds is 5. The van der Waals surface area contributed by atoms with E-state index >= 15 is 0 Å². The van der Waals surface area contributed by atoms with Crippen molar-refractivity contribution in [3.05, 3.63) is 62.7 Å². The molecule has 0 spiro atoms. The zero-order valence-electron chi connectivity index (χ0n) is 15.7. The minimum Gasteiger partial charge on any atom is -0.486 e. The first-order valence-corrected chi connectivity index (χ1v) is 8.68. The van der Waals surface area contributed by atoms with Crippen LogP contribution in [0.5, 0.6) is 11.5 Å². The van der Waals surface area contributed by atoms with E-state index in [0.717, 1.165) is 17.2 Å². The predicted molar refractivity (Wildman–Crippen MR) is 99.2 cm³/mol. The van der Waals surface area contributed by atoms with E-state index in [0.29, 0.717) is 5.56 Å². The number of fused-ring (bicyclic) bond motifs is 1. The third kappa shape index (κ3) is 3.80. The summed E-state index contributed by atoms with van der Waals surface area (Å²) in [6, 6.07) is 7.74. The van der Waals surface area contributed by atoms with Gasteiger partial charge in [0.15, 0.2) is 17.6 Å². The number of nitro groups is 1. The molecule has 0 fully saturated rings. The molecule has 0 aromatic heterocycles. The minimum atomic E-state index is -1.11. The number of benzene rings is 2. The van der Waals surface area contributed by atoms with Gasteiger partial charge in [0.2, 0.25) is 5.78 Å². The number of carbonyl (C=O) groups excluding carboxylic acids is 2. The quantitative estimate of drug-likeness (QED) is 0.336. The molecule has 28 heavy (non-hydrogen) atoms. The molecule has 8 heteroatoms. The van der Waals surface area contributed by atoms with Gasteiger partial charge in [-0.15, -0.1) is 0 Å². The molecule has 3 rings (SSSR count). The second kappa shape index (κ2) is 7.67. The van der Waals surface area contributed by atoms with Crippen molar-refractivity contribution in [1.82, 2.24) is 0 Å². The molecule has 1 aliphatic rings. The van der Waals surface area contributed by atoms with E-state index in [1.165, 1.54) is 13.0 Å². The molecule has 2 aromatic carbocycles. The Balaban J connectivity index is 1.87. The van der Waals surface area contributed by atoms with Crippen molar-refractivity contribution < 1.29 is 28.7 Å². The third-order valence-corrected chi connectivity index (χ3v) is 4.39. The summed E-state index contributed by atoms with van der Waals surface area (Å²) in [7, 11) is 0. The van der Waals surface area contributed by atoms with Crippen molar-refractivity contribution in [2.24, 2.45) is 0 Å². The second-order valence-electron chi connectivity index (χ2n) is 6.50. The lowest BCUT2D eigenvalue weighted by Gasteiger charge is -2.19. The van der Waals surface area contributed by atoms with Gasteiger partial charge >= 0.3 is 5.97 Å². The average Bonchev–Trinajstić information content (AvgIpc) is 2.68. The number of ether oxygens (including phenoxy) is 3. The molecule has 0 aliphatic carbocycles. The maximum Gasteiger partial charge on any atom is 0.346 e. The summed E-state index contributed by atoms with van der Waals surface area (Å²) in [6.07, 6.45) is -1.11. The number of esters is 1. The molecule has 0 radical (unpaired) electrons. The van der Waals surface area contributed by atoms with E-state index in [1.807, 2.05) is 19.1 Å². The Morgan fingerprint density at radius 2 is 1.71 bits per heavy atom. The van der Waals surface area contributed by atoms with E-state index in [9.17, 15) is 19.7 Å². The monoisotopic (exact) mass is 385 g/mol. The van der Waals surface area contributed by atoms with Gasteiger partial charge in [0.05, 0.1) is 11.0 Å². The summed E-state index contributed by atoms with van der Waals surface area (Å²) in [6.45, 7) is 5.60. The van der Waals surface area contributed by atoms with Gasteiger partial charge in [-0.2, -0.15) is 0 Å². The van der Waals surface area contributed by atoms with Crippen LogP contribution in [0.25, 0.3) is 0 Å². The molecule has 1 aliphatic heterocycles. The molecule has 8 nitrogen and oxygen atoms in total. The highest BCUT2D eigenvalue weighted by Gasteiger charge is 2.30. The normalized spacial score (nSPS) is 13.5. The van der Waals surface area contributed by atoms with Crippen molar-refractivity contribution in [2.45, 2.75) is 26.9 Å². The van der Waals surface area contributed by atoms with Crippen molar-refractivity contribution in [3.8, 4) is 11.5 Å². The number of nitro benzene ring substituents is 1. The van der Waals surface area contributed by atoms with Crippen LogP contribution in [-0.4, -0.2) is 36.0 Å². The van der Waals surface area contributed by atoms with Crippen molar-refractivity contribution >= 4 is 17.4 Å². The van der Waals surface area contributed by atoms with E-state index < -0.39 is 22.7 Å². The Labute approximate surface area is 161 Å². The number of Topliss-reactive ketones (excluding diaryl/α,β-unsaturated/α-hetero) is 1. The standard InChI is InChI=1S/C20H19NO7/c1-11-4-5-12(2)14(8-11)19(22)13(3)28-20(23)15-9-17-18(27-7-6-26-17)10-16(15)21(24)25/h4-5,8-10,13H,6-7H2,1-3H3/t13-/m0/s1. The number of aryl methyl sites for hydroxylation is 2. The van der Waals surface area contributed by atoms with E-state index in [1.54, 1.807) is 13.0 Å². The van der Waals surface area contributed by atoms with Crippen LogP contribution in [0.1, 0.15) is 38.8 Å². The third-order valence-electron chi connectivity index (χ3n) is 4.39. The molecule has 0 amide bonds. The van der Waals surface area contributed by atoms with Crippen LogP contribution in [0.15, 0.2) is 30.3 Å². The predicted octanol–water partition coefficient (Wildman–Crippen LogP) is 3.41. The van der Waals surface area contributed by atoms with Crippen molar-refractivity contribution in [3.63, 3.8) is 0 Å². The SMILES string of the molecule is Cc1ccc(C)c(C(=O)[C@H](C)OC(=O)c2cc3c(cc2[N+](=O)[O-])OCCO3)c1. The number of carbonyl (C=O) groups is 2. The maximum atomic E-state index is 12.7. The smallest absolute Gasteiger partial charge is 0.346 e. The molecule has 146 valence electrons. The van der Waals surface area contributed by atoms with Crippen LogP contribution in [-0.2, 0) is 4.74 Å². The van der Waals surface area contributed by atoms with E-state index in [4.69, 9.17) is 14.2 Å². The first-order chi connectivity index (χ1) is 13.3. The molecule has 0 N–H and O–H groups in total.